The van der Waals surface area contributed by atoms with Gasteiger partial charge < -0.3 is 15.5 Å². The zero-order valence-electron chi connectivity index (χ0n) is 7.49. The Hall–Kier alpha value is -0.770. The average molecular weight is 185 g/mol. The molecule has 74 valence electrons. The van der Waals surface area contributed by atoms with Crippen molar-refractivity contribution >= 4 is 6.09 Å². The van der Waals surface area contributed by atoms with Crippen LogP contribution in [0.3, 0.4) is 0 Å². The molecule has 2 bridgehead atoms. The van der Waals surface area contributed by atoms with E-state index in [2.05, 4.69) is 5.32 Å². The Morgan fingerprint density at radius 3 is 2.46 bits per heavy atom. The number of amides is 1. The first kappa shape index (κ1) is 8.81. The highest BCUT2D eigenvalue weighted by Gasteiger charge is 2.56. The van der Waals surface area contributed by atoms with Gasteiger partial charge in [-0.15, -0.1) is 0 Å². The van der Waals surface area contributed by atoms with Crippen LogP contribution in [0.4, 0.5) is 4.79 Å². The molecule has 0 aliphatic heterocycles. The highest BCUT2D eigenvalue weighted by atomic mass is 16.4. The molecule has 3 rings (SSSR count). The molecule has 4 nitrogen and oxygen atoms in total. The molecule has 1 unspecified atom stereocenters. The molecule has 1 atom stereocenters. The predicted molar refractivity (Wildman–Crippen MR) is 46.4 cm³/mol. The highest BCUT2D eigenvalue weighted by Crippen LogP contribution is 2.66. The molecule has 3 saturated carbocycles. The van der Waals surface area contributed by atoms with Gasteiger partial charge in [0, 0.05) is 0 Å². The monoisotopic (exact) mass is 185 g/mol. The van der Waals surface area contributed by atoms with E-state index in [4.69, 9.17) is 10.2 Å². The Balaban J connectivity index is 1.79. The minimum absolute atomic E-state index is 0.0846. The minimum atomic E-state index is -1.04. The Bertz CT molecular complexity index is 212. The third-order valence-electron chi connectivity index (χ3n) is 3.39. The SMILES string of the molecule is O=C(O)NC(CO)CC12CC(C1)C2. The molecule has 3 fully saturated rings. The molecule has 3 N–H and O–H groups in total. The van der Waals surface area contributed by atoms with Crippen molar-refractivity contribution in [2.75, 3.05) is 6.61 Å². The molecule has 0 aromatic heterocycles. The van der Waals surface area contributed by atoms with E-state index < -0.39 is 6.09 Å². The first-order valence-corrected chi connectivity index (χ1v) is 4.74. The highest BCUT2D eigenvalue weighted by molar-refractivity contribution is 5.64. The second-order valence-corrected chi connectivity index (χ2v) is 4.51. The molecule has 0 spiro atoms. The number of aliphatic hydroxyl groups is 1. The van der Waals surface area contributed by atoms with E-state index in [0.29, 0.717) is 5.41 Å². The van der Waals surface area contributed by atoms with E-state index in [0.717, 1.165) is 12.3 Å². The third kappa shape index (κ3) is 1.50. The molecule has 3 aliphatic carbocycles. The van der Waals surface area contributed by atoms with Gasteiger partial charge in [0.25, 0.3) is 0 Å². The van der Waals surface area contributed by atoms with Crippen LogP contribution in [0.25, 0.3) is 0 Å². The van der Waals surface area contributed by atoms with Crippen molar-refractivity contribution < 1.29 is 15.0 Å². The molecule has 0 saturated heterocycles. The number of aliphatic hydroxyl groups excluding tert-OH is 1. The van der Waals surface area contributed by atoms with Crippen LogP contribution in [0.5, 0.6) is 0 Å². The summed E-state index contributed by atoms with van der Waals surface area (Å²) in [5, 5.41) is 19.8. The molecule has 13 heavy (non-hydrogen) atoms. The fourth-order valence-corrected chi connectivity index (χ4v) is 2.77. The maximum absolute atomic E-state index is 10.4. The van der Waals surface area contributed by atoms with Crippen LogP contribution in [0, 0.1) is 11.3 Å². The lowest BCUT2D eigenvalue weighted by atomic mass is 9.43. The van der Waals surface area contributed by atoms with Gasteiger partial charge in [-0.2, -0.15) is 0 Å². The predicted octanol–water partition coefficient (Wildman–Crippen LogP) is 0.805. The van der Waals surface area contributed by atoms with Crippen LogP contribution < -0.4 is 5.32 Å². The van der Waals surface area contributed by atoms with Crippen LogP contribution in [0.15, 0.2) is 0 Å². The minimum Gasteiger partial charge on any atom is -0.465 e. The topological polar surface area (TPSA) is 69.6 Å². The van der Waals surface area contributed by atoms with Crippen molar-refractivity contribution in [1.82, 2.24) is 5.32 Å². The zero-order chi connectivity index (χ0) is 9.47. The number of nitrogens with one attached hydrogen (secondary N) is 1. The fourth-order valence-electron chi connectivity index (χ4n) is 2.77. The first-order valence-electron chi connectivity index (χ1n) is 4.74. The summed E-state index contributed by atoms with van der Waals surface area (Å²) >= 11 is 0. The van der Waals surface area contributed by atoms with E-state index in [1.54, 1.807) is 0 Å². The Kier molecular flexibility index (Phi) is 1.95. The Labute approximate surface area is 76.9 Å². The van der Waals surface area contributed by atoms with Crippen LogP contribution in [0.1, 0.15) is 25.7 Å². The van der Waals surface area contributed by atoms with E-state index >= 15 is 0 Å². The van der Waals surface area contributed by atoms with Crippen LogP contribution in [0.2, 0.25) is 0 Å². The van der Waals surface area contributed by atoms with Gasteiger partial charge in [-0.3, -0.25) is 0 Å². The van der Waals surface area contributed by atoms with Gasteiger partial charge in [-0.05, 0) is 37.0 Å². The molecule has 0 aromatic rings. The first-order chi connectivity index (χ1) is 6.13. The van der Waals surface area contributed by atoms with Crippen molar-refractivity contribution in [1.29, 1.82) is 0 Å². The van der Waals surface area contributed by atoms with Gasteiger partial charge in [0.05, 0.1) is 12.6 Å². The molecular weight excluding hydrogens is 170 g/mol. The van der Waals surface area contributed by atoms with Crippen molar-refractivity contribution in [2.45, 2.75) is 31.7 Å². The molecule has 3 aliphatic rings. The lowest BCUT2D eigenvalue weighted by molar-refractivity contribution is -0.119. The van der Waals surface area contributed by atoms with E-state index in [9.17, 15) is 4.79 Å². The zero-order valence-corrected chi connectivity index (χ0v) is 7.49. The molecule has 0 heterocycles. The summed E-state index contributed by atoms with van der Waals surface area (Å²) in [6.07, 6.45) is 3.50. The summed E-state index contributed by atoms with van der Waals surface area (Å²) in [6, 6.07) is -0.265. The Morgan fingerprint density at radius 2 is 2.15 bits per heavy atom. The maximum Gasteiger partial charge on any atom is 0.404 e. The number of carbonyl (C=O) groups is 1. The van der Waals surface area contributed by atoms with Crippen molar-refractivity contribution in [3.8, 4) is 0 Å². The normalized spacial score (nSPS) is 37.2. The third-order valence-corrected chi connectivity index (χ3v) is 3.39. The van der Waals surface area contributed by atoms with Crippen molar-refractivity contribution in [3.63, 3.8) is 0 Å². The summed E-state index contributed by atoms with van der Waals surface area (Å²) in [7, 11) is 0. The van der Waals surface area contributed by atoms with E-state index in [1.807, 2.05) is 0 Å². The quantitative estimate of drug-likeness (QED) is 0.607. The summed E-state index contributed by atoms with van der Waals surface area (Å²) in [5.74, 6) is 0.907. The number of rotatable bonds is 4. The standard InChI is InChI=1S/C9H15NO3/c11-5-7(10-8(12)13)4-9-1-6(2-9)3-9/h6-7,10-11H,1-5H2,(H,12,13). The number of hydrogen-bond acceptors (Lipinski definition) is 2. The van der Waals surface area contributed by atoms with Gasteiger partial charge in [0.15, 0.2) is 0 Å². The average Bonchev–Trinajstić information content (AvgIpc) is 1.90. The summed E-state index contributed by atoms with van der Waals surface area (Å²) in [5.41, 5.74) is 0.389. The summed E-state index contributed by atoms with van der Waals surface area (Å²) < 4.78 is 0. The van der Waals surface area contributed by atoms with Gasteiger partial charge in [0.2, 0.25) is 0 Å². The second-order valence-electron chi connectivity index (χ2n) is 4.51. The summed E-state index contributed by atoms with van der Waals surface area (Å²) in [4.78, 5) is 10.4. The maximum atomic E-state index is 10.4. The molecule has 4 heteroatoms. The lowest BCUT2D eigenvalue weighted by Crippen LogP contribution is -2.55. The summed E-state index contributed by atoms with van der Waals surface area (Å²) in [6.45, 7) is -0.0846. The van der Waals surface area contributed by atoms with Crippen molar-refractivity contribution in [3.05, 3.63) is 0 Å². The van der Waals surface area contributed by atoms with Crippen LogP contribution in [-0.2, 0) is 0 Å². The largest absolute Gasteiger partial charge is 0.465 e. The smallest absolute Gasteiger partial charge is 0.404 e. The lowest BCUT2D eigenvalue weighted by Gasteiger charge is -2.63. The van der Waals surface area contributed by atoms with E-state index in [-0.39, 0.29) is 12.6 Å². The molecule has 1 amide bonds. The van der Waals surface area contributed by atoms with Gasteiger partial charge in [0.1, 0.15) is 0 Å². The second kappa shape index (κ2) is 2.87. The fraction of sp³-hybridized carbons (Fsp3) is 0.889. The van der Waals surface area contributed by atoms with Gasteiger partial charge >= 0.3 is 6.09 Å². The van der Waals surface area contributed by atoms with Crippen LogP contribution in [-0.4, -0.2) is 29.0 Å². The van der Waals surface area contributed by atoms with Crippen molar-refractivity contribution in [2.24, 2.45) is 11.3 Å². The molecule has 0 aromatic carbocycles. The number of hydrogen-bond donors (Lipinski definition) is 3. The number of carboxylic acid groups (broad SMARTS) is 1. The molecular formula is C9H15NO3. The van der Waals surface area contributed by atoms with E-state index in [1.165, 1.54) is 19.3 Å². The van der Waals surface area contributed by atoms with Crippen LogP contribution >= 0.6 is 0 Å². The van der Waals surface area contributed by atoms with Gasteiger partial charge in [-0.1, -0.05) is 0 Å². The Morgan fingerprint density at radius 1 is 1.54 bits per heavy atom. The molecule has 0 radical (unpaired) electrons. The van der Waals surface area contributed by atoms with Gasteiger partial charge in [-0.25, -0.2) is 4.79 Å².